The van der Waals surface area contributed by atoms with E-state index in [2.05, 4.69) is 6.92 Å². The van der Waals surface area contributed by atoms with Crippen molar-refractivity contribution >= 4 is 0 Å². The molecule has 0 heterocycles. The molecule has 0 atom stereocenters. The standard InChI is InChI=1S/C14H28O5/c1-2-3-4-5-7-16-9-11-18-13-14-19-12-10-17-8-6-15/h5,7,15H,2-4,6,8-14H2,1H3. The quantitative estimate of drug-likeness (QED) is 0.365. The van der Waals surface area contributed by atoms with Crippen LogP contribution in [0.5, 0.6) is 0 Å². The number of ether oxygens (including phenoxy) is 4. The summed E-state index contributed by atoms with van der Waals surface area (Å²) in [4.78, 5) is 0. The van der Waals surface area contributed by atoms with Crippen molar-refractivity contribution in [2.45, 2.75) is 26.2 Å². The van der Waals surface area contributed by atoms with Gasteiger partial charge >= 0.3 is 0 Å². The van der Waals surface area contributed by atoms with Crippen LogP contribution in [0.25, 0.3) is 0 Å². The zero-order valence-electron chi connectivity index (χ0n) is 12.0. The van der Waals surface area contributed by atoms with Gasteiger partial charge in [-0.2, -0.15) is 0 Å². The molecule has 0 radical (unpaired) electrons. The molecule has 0 spiro atoms. The zero-order valence-corrected chi connectivity index (χ0v) is 12.0. The molecule has 0 aromatic heterocycles. The van der Waals surface area contributed by atoms with E-state index in [0.717, 1.165) is 6.42 Å². The van der Waals surface area contributed by atoms with Crippen molar-refractivity contribution in [1.29, 1.82) is 0 Å². The second-order valence-electron chi connectivity index (χ2n) is 3.95. The van der Waals surface area contributed by atoms with E-state index in [1.165, 1.54) is 12.8 Å². The van der Waals surface area contributed by atoms with Crippen LogP contribution in [0.15, 0.2) is 12.3 Å². The average molecular weight is 276 g/mol. The monoisotopic (exact) mass is 276 g/mol. The van der Waals surface area contributed by atoms with Crippen LogP contribution in [0.1, 0.15) is 26.2 Å². The number of aliphatic hydroxyl groups excluding tert-OH is 1. The van der Waals surface area contributed by atoms with Gasteiger partial charge in [0.15, 0.2) is 0 Å². The van der Waals surface area contributed by atoms with Crippen LogP contribution in [-0.2, 0) is 18.9 Å². The van der Waals surface area contributed by atoms with Crippen LogP contribution in [0.3, 0.4) is 0 Å². The molecule has 0 fully saturated rings. The Morgan fingerprint density at radius 1 is 0.842 bits per heavy atom. The van der Waals surface area contributed by atoms with E-state index in [4.69, 9.17) is 24.1 Å². The summed E-state index contributed by atoms with van der Waals surface area (Å²) in [7, 11) is 0. The summed E-state index contributed by atoms with van der Waals surface area (Å²) in [5, 5.41) is 8.47. The van der Waals surface area contributed by atoms with Crippen LogP contribution in [0, 0.1) is 0 Å². The summed E-state index contributed by atoms with van der Waals surface area (Å²) in [6, 6.07) is 0. The number of hydrogen-bond donors (Lipinski definition) is 1. The van der Waals surface area contributed by atoms with E-state index in [1.54, 1.807) is 6.26 Å². The molecule has 5 heteroatoms. The third kappa shape index (κ3) is 17.4. The summed E-state index contributed by atoms with van der Waals surface area (Å²) < 4.78 is 20.9. The first kappa shape index (κ1) is 18.4. The van der Waals surface area contributed by atoms with Gasteiger partial charge < -0.3 is 24.1 Å². The molecule has 0 aliphatic heterocycles. The minimum absolute atomic E-state index is 0.0516. The molecule has 0 bridgehead atoms. The van der Waals surface area contributed by atoms with Crippen LogP contribution in [0.2, 0.25) is 0 Å². The lowest BCUT2D eigenvalue weighted by Crippen LogP contribution is -2.12. The molecular weight excluding hydrogens is 248 g/mol. The number of rotatable bonds is 15. The molecule has 0 aromatic rings. The van der Waals surface area contributed by atoms with Gasteiger partial charge in [0.2, 0.25) is 0 Å². The van der Waals surface area contributed by atoms with Gasteiger partial charge in [0.05, 0.1) is 52.5 Å². The van der Waals surface area contributed by atoms with E-state index in [-0.39, 0.29) is 6.61 Å². The normalized spacial score (nSPS) is 11.3. The number of allylic oxidation sites excluding steroid dienone is 1. The van der Waals surface area contributed by atoms with Crippen LogP contribution in [0.4, 0.5) is 0 Å². The summed E-state index contributed by atoms with van der Waals surface area (Å²) in [6.07, 6.45) is 7.27. The highest BCUT2D eigenvalue weighted by molar-refractivity contribution is 4.72. The largest absolute Gasteiger partial charge is 0.499 e. The van der Waals surface area contributed by atoms with Gasteiger partial charge in [-0.15, -0.1) is 0 Å². The van der Waals surface area contributed by atoms with Crippen LogP contribution in [-0.4, -0.2) is 58.0 Å². The molecule has 0 rings (SSSR count). The van der Waals surface area contributed by atoms with Crippen molar-refractivity contribution in [2.75, 3.05) is 52.9 Å². The van der Waals surface area contributed by atoms with Gasteiger partial charge in [-0.3, -0.25) is 0 Å². The second kappa shape index (κ2) is 17.4. The molecule has 0 aliphatic rings. The molecule has 0 aromatic carbocycles. The Morgan fingerprint density at radius 3 is 2.00 bits per heavy atom. The van der Waals surface area contributed by atoms with Crippen molar-refractivity contribution in [1.82, 2.24) is 0 Å². The highest BCUT2D eigenvalue weighted by Gasteiger charge is 1.91. The highest BCUT2D eigenvalue weighted by atomic mass is 16.6. The van der Waals surface area contributed by atoms with Gasteiger partial charge in [0.1, 0.15) is 6.61 Å². The maximum atomic E-state index is 8.47. The number of hydrogen-bond acceptors (Lipinski definition) is 5. The average Bonchev–Trinajstić information content (AvgIpc) is 2.43. The topological polar surface area (TPSA) is 57.2 Å². The van der Waals surface area contributed by atoms with Crippen molar-refractivity contribution < 1.29 is 24.1 Å². The van der Waals surface area contributed by atoms with Crippen molar-refractivity contribution in [3.05, 3.63) is 12.3 Å². The van der Waals surface area contributed by atoms with Crippen molar-refractivity contribution in [2.24, 2.45) is 0 Å². The first-order valence-corrected chi connectivity index (χ1v) is 7.02. The second-order valence-corrected chi connectivity index (χ2v) is 3.95. The molecular formula is C14H28O5. The minimum Gasteiger partial charge on any atom is -0.499 e. The van der Waals surface area contributed by atoms with Crippen molar-refractivity contribution in [3.63, 3.8) is 0 Å². The third-order valence-electron chi connectivity index (χ3n) is 2.24. The molecule has 5 nitrogen and oxygen atoms in total. The lowest BCUT2D eigenvalue weighted by Gasteiger charge is -2.06. The van der Waals surface area contributed by atoms with E-state index in [0.29, 0.717) is 46.2 Å². The Kier molecular flexibility index (Phi) is 16.8. The molecule has 0 aliphatic carbocycles. The summed E-state index contributed by atoms with van der Waals surface area (Å²) >= 11 is 0. The maximum Gasteiger partial charge on any atom is 0.111 e. The Labute approximate surface area is 116 Å². The van der Waals surface area contributed by atoms with Gasteiger partial charge in [-0.25, -0.2) is 0 Å². The lowest BCUT2D eigenvalue weighted by atomic mass is 10.2. The van der Waals surface area contributed by atoms with Gasteiger partial charge in [-0.05, 0) is 18.9 Å². The molecule has 114 valence electrons. The molecule has 19 heavy (non-hydrogen) atoms. The molecule has 1 N–H and O–H groups in total. The molecule has 0 unspecified atom stereocenters. The smallest absolute Gasteiger partial charge is 0.111 e. The Hall–Kier alpha value is -0.620. The van der Waals surface area contributed by atoms with E-state index in [9.17, 15) is 0 Å². The zero-order chi connectivity index (χ0) is 14.0. The number of aliphatic hydroxyl groups is 1. The fourth-order valence-electron chi connectivity index (χ4n) is 1.24. The summed E-state index contributed by atoms with van der Waals surface area (Å²) in [5.41, 5.74) is 0. The maximum absolute atomic E-state index is 8.47. The summed E-state index contributed by atoms with van der Waals surface area (Å²) in [6.45, 7) is 5.87. The fraction of sp³-hybridized carbons (Fsp3) is 0.857. The van der Waals surface area contributed by atoms with Crippen LogP contribution < -0.4 is 0 Å². The number of unbranched alkanes of at least 4 members (excludes halogenated alkanes) is 2. The van der Waals surface area contributed by atoms with E-state index in [1.807, 2.05) is 6.08 Å². The summed E-state index contributed by atoms with van der Waals surface area (Å²) in [5.74, 6) is 0. The Morgan fingerprint density at radius 2 is 1.42 bits per heavy atom. The predicted molar refractivity (Wildman–Crippen MR) is 74.2 cm³/mol. The molecule has 0 saturated carbocycles. The fourth-order valence-corrected chi connectivity index (χ4v) is 1.24. The predicted octanol–water partition coefficient (Wildman–Crippen LogP) is 1.75. The van der Waals surface area contributed by atoms with E-state index < -0.39 is 0 Å². The molecule has 0 saturated heterocycles. The first-order valence-electron chi connectivity index (χ1n) is 7.02. The Balaban J connectivity index is 2.97. The van der Waals surface area contributed by atoms with Crippen molar-refractivity contribution in [3.8, 4) is 0 Å². The van der Waals surface area contributed by atoms with Gasteiger partial charge in [-0.1, -0.05) is 13.3 Å². The Bertz CT molecular complexity index is 185. The van der Waals surface area contributed by atoms with Crippen LogP contribution >= 0.6 is 0 Å². The highest BCUT2D eigenvalue weighted by Crippen LogP contribution is 1.94. The van der Waals surface area contributed by atoms with Gasteiger partial charge in [0.25, 0.3) is 0 Å². The van der Waals surface area contributed by atoms with Gasteiger partial charge in [0, 0.05) is 0 Å². The minimum atomic E-state index is 0.0516. The lowest BCUT2D eigenvalue weighted by molar-refractivity contribution is 0.00133. The molecule has 0 amide bonds. The third-order valence-corrected chi connectivity index (χ3v) is 2.24. The SMILES string of the molecule is CCCCC=COCCOCCOCCOCCO. The first-order chi connectivity index (χ1) is 9.41. The van der Waals surface area contributed by atoms with E-state index >= 15 is 0 Å².